The number of morpholine rings is 1. The molecule has 0 atom stereocenters. The Kier molecular flexibility index (Phi) is 4.05. The number of hydrogen-bond acceptors (Lipinski definition) is 6. The number of thiophene rings is 2. The first-order valence-electron chi connectivity index (χ1n) is 6.39. The number of esters is 1. The van der Waals surface area contributed by atoms with Crippen LogP contribution in [-0.4, -0.2) is 39.4 Å². The zero-order valence-corrected chi connectivity index (χ0v) is 12.8. The molecule has 4 nitrogen and oxygen atoms in total. The summed E-state index contributed by atoms with van der Waals surface area (Å²) in [7, 11) is 1.41. The molecule has 3 rings (SSSR count). The van der Waals surface area contributed by atoms with E-state index in [2.05, 4.69) is 17.0 Å². The quantitative estimate of drug-likeness (QED) is 0.817. The molecule has 0 spiro atoms. The van der Waals surface area contributed by atoms with Crippen LogP contribution in [0.3, 0.4) is 0 Å². The minimum Gasteiger partial charge on any atom is -0.465 e. The van der Waals surface area contributed by atoms with E-state index in [4.69, 9.17) is 9.47 Å². The minimum atomic E-state index is -0.272. The van der Waals surface area contributed by atoms with Gasteiger partial charge in [-0.15, -0.1) is 22.7 Å². The number of rotatable bonds is 3. The molecule has 0 N–H and O–H groups in total. The van der Waals surface area contributed by atoms with Crippen molar-refractivity contribution in [3.8, 4) is 9.75 Å². The van der Waals surface area contributed by atoms with Crippen LogP contribution >= 0.6 is 22.7 Å². The second-order valence-electron chi connectivity index (χ2n) is 4.39. The van der Waals surface area contributed by atoms with E-state index in [1.807, 2.05) is 12.1 Å². The van der Waals surface area contributed by atoms with Crippen LogP contribution in [-0.2, 0) is 9.47 Å². The summed E-state index contributed by atoms with van der Waals surface area (Å²) in [6.45, 7) is 3.47. The van der Waals surface area contributed by atoms with Gasteiger partial charge in [-0.3, -0.25) is 0 Å². The second-order valence-corrected chi connectivity index (χ2v) is 6.54. The van der Waals surface area contributed by atoms with Crippen LogP contribution in [0.25, 0.3) is 9.75 Å². The summed E-state index contributed by atoms with van der Waals surface area (Å²) in [5, 5.41) is 1.26. The van der Waals surface area contributed by atoms with Gasteiger partial charge in [0.2, 0.25) is 0 Å². The van der Waals surface area contributed by atoms with Crippen LogP contribution in [0.2, 0.25) is 0 Å². The summed E-state index contributed by atoms with van der Waals surface area (Å²) in [6, 6.07) is 8.05. The molecule has 1 aliphatic rings. The van der Waals surface area contributed by atoms with E-state index in [-0.39, 0.29) is 5.97 Å². The van der Waals surface area contributed by atoms with Gasteiger partial charge >= 0.3 is 5.97 Å². The van der Waals surface area contributed by atoms with Crippen molar-refractivity contribution in [3.05, 3.63) is 29.1 Å². The van der Waals surface area contributed by atoms with Gasteiger partial charge in [0.05, 0.1) is 25.3 Å². The van der Waals surface area contributed by atoms with Crippen LogP contribution in [0.15, 0.2) is 24.3 Å². The number of carbonyl (C=O) groups excluding carboxylic acids is 1. The smallest absolute Gasteiger partial charge is 0.348 e. The average Bonchev–Trinajstić information content (AvgIpc) is 3.16. The van der Waals surface area contributed by atoms with Gasteiger partial charge in [0.25, 0.3) is 0 Å². The van der Waals surface area contributed by atoms with Crippen LogP contribution in [0.5, 0.6) is 0 Å². The second kappa shape index (κ2) is 5.95. The van der Waals surface area contributed by atoms with E-state index in [0.717, 1.165) is 31.2 Å². The molecular formula is C14H15NO3S2. The lowest BCUT2D eigenvalue weighted by Crippen LogP contribution is -2.35. The van der Waals surface area contributed by atoms with Gasteiger partial charge in [-0.2, -0.15) is 0 Å². The maximum absolute atomic E-state index is 11.5. The fourth-order valence-electron chi connectivity index (χ4n) is 2.09. The molecule has 3 heterocycles. The molecule has 1 saturated heterocycles. The molecule has 20 heavy (non-hydrogen) atoms. The highest BCUT2D eigenvalue weighted by Gasteiger charge is 2.15. The lowest BCUT2D eigenvalue weighted by Gasteiger charge is -2.27. The Morgan fingerprint density at radius 2 is 1.85 bits per heavy atom. The Hall–Kier alpha value is -1.37. The molecule has 0 saturated carbocycles. The number of nitrogens with zero attached hydrogens (tertiary/aromatic N) is 1. The minimum absolute atomic E-state index is 0.272. The third-order valence-corrected chi connectivity index (χ3v) is 5.56. The van der Waals surface area contributed by atoms with Crippen molar-refractivity contribution in [1.82, 2.24) is 0 Å². The number of ether oxygens (including phenoxy) is 2. The molecule has 2 aromatic rings. The first-order valence-corrected chi connectivity index (χ1v) is 8.02. The SMILES string of the molecule is COC(=O)c1ccc(-c2ccc(N3CCOCC3)s2)s1. The van der Waals surface area contributed by atoms with E-state index >= 15 is 0 Å². The van der Waals surface area contributed by atoms with Crippen molar-refractivity contribution in [3.63, 3.8) is 0 Å². The van der Waals surface area contributed by atoms with E-state index in [1.54, 1.807) is 11.3 Å². The number of anilines is 1. The molecule has 0 amide bonds. The van der Waals surface area contributed by atoms with E-state index < -0.39 is 0 Å². The van der Waals surface area contributed by atoms with Crippen molar-refractivity contribution in [2.45, 2.75) is 0 Å². The highest BCUT2D eigenvalue weighted by Crippen LogP contribution is 2.37. The zero-order valence-electron chi connectivity index (χ0n) is 11.1. The van der Waals surface area contributed by atoms with Gasteiger partial charge in [-0.1, -0.05) is 0 Å². The molecule has 1 fully saturated rings. The third-order valence-electron chi connectivity index (χ3n) is 3.15. The first-order chi connectivity index (χ1) is 9.78. The maximum Gasteiger partial charge on any atom is 0.348 e. The molecule has 2 aromatic heterocycles. The first kappa shape index (κ1) is 13.6. The number of methoxy groups -OCH3 is 1. The molecule has 106 valence electrons. The lowest BCUT2D eigenvalue weighted by atomic mass is 10.3. The summed E-state index contributed by atoms with van der Waals surface area (Å²) >= 11 is 3.23. The molecule has 0 aromatic carbocycles. The van der Waals surface area contributed by atoms with Gasteiger partial charge < -0.3 is 14.4 Å². The number of carbonyl (C=O) groups is 1. The molecule has 0 unspecified atom stereocenters. The normalized spacial score (nSPS) is 15.3. The van der Waals surface area contributed by atoms with Gasteiger partial charge in [0.15, 0.2) is 0 Å². The van der Waals surface area contributed by atoms with Crippen molar-refractivity contribution < 1.29 is 14.3 Å². The Labute approximate surface area is 125 Å². The summed E-state index contributed by atoms with van der Waals surface area (Å²) in [5.41, 5.74) is 0. The van der Waals surface area contributed by atoms with E-state index in [9.17, 15) is 4.79 Å². The van der Waals surface area contributed by atoms with Crippen LogP contribution < -0.4 is 4.90 Å². The van der Waals surface area contributed by atoms with Crippen molar-refractivity contribution in [2.24, 2.45) is 0 Å². The van der Waals surface area contributed by atoms with Crippen molar-refractivity contribution >= 4 is 33.6 Å². The van der Waals surface area contributed by atoms with Gasteiger partial charge in [-0.25, -0.2) is 4.79 Å². The third kappa shape index (κ3) is 2.72. The maximum atomic E-state index is 11.5. The summed E-state index contributed by atoms with van der Waals surface area (Å²) in [6.07, 6.45) is 0. The van der Waals surface area contributed by atoms with Gasteiger partial charge in [0.1, 0.15) is 4.88 Å². The highest BCUT2D eigenvalue weighted by molar-refractivity contribution is 7.24. The van der Waals surface area contributed by atoms with E-state index in [1.165, 1.54) is 28.3 Å². The van der Waals surface area contributed by atoms with Crippen LogP contribution in [0.1, 0.15) is 9.67 Å². The summed E-state index contributed by atoms with van der Waals surface area (Å²) in [5.74, 6) is -0.272. The zero-order chi connectivity index (χ0) is 13.9. The van der Waals surface area contributed by atoms with Crippen molar-refractivity contribution in [2.75, 3.05) is 38.3 Å². The molecule has 6 heteroatoms. The van der Waals surface area contributed by atoms with Crippen molar-refractivity contribution in [1.29, 1.82) is 0 Å². The Morgan fingerprint density at radius 1 is 1.15 bits per heavy atom. The fraction of sp³-hybridized carbons (Fsp3) is 0.357. The average molecular weight is 309 g/mol. The highest BCUT2D eigenvalue weighted by atomic mass is 32.1. The molecule has 0 aliphatic carbocycles. The topological polar surface area (TPSA) is 38.8 Å². The molecule has 0 radical (unpaired) electrons. The predicted molar refractivity (Wildman–Crippen MR) is 82.0 cm³/mol. The van der Waals surface area contributed by atoms with E-state index in [0.29, 0.717) is 4.88 Å². The Balaban J connectivity index is 1.79. The largest absolute Gasteiger partial charge is 0.465 e. The summed E-state index contributed by atoms with van der Waals surface area (Å²) < 4.78 is 10.1. The van der Waals surface area contributed by atoms with Crippen LogP contribution in [0.4, 0.5) is 5.00 Å². The monoisotopic (exact) mass is 309 g/mol. The Bertz CT molecular complexity index is 599. The predicted octanol–water partition coefficient (Wildman–Crippen LogP) is 3.10. The van der Waals surface area contributed by atoms with Gasteiger partial charge in [-0.05, 0) is 24.3 Å². The van der Waals surface area contributed by atoms with Gasteiger partial charge in [0, 0.05) is 22.8 Å². The standard InChI is InChI=1S/C14H15NO3S2/c1-17-14(16)12-3-2-10(19-12)11-4-5-13(20-11)15-6-8-18-9-7-15/h2-5H,6-9H2,1H3. The Morgan fingerprint density at radius 3 is 2.60 bits per heavy atom. The molecular weight excluding hydrogens is 294 g/mol. The molecule has 1 aliphatic heterocycles. The molecule has 0 bridgehead atoms. The summed E-state index contributed by atoms with van der Waals surface area (Å²) in [4.78, 5) is 16.8. The van der Waals surface area contributed by atoms with Crippen LogP contribution in [0, 0.1) is 0 Å². The fourth-order valence-corrected chi connectivity index (χ4v) is 4.17. The lowest BCUT2D eigenvalue weighted by molar-refractivity contribution is 0.0606. The number of hydrogen-bond donors (Lipinski definition) is 0.